The van der Waals surface area contributed by atoms with E-state index in [1.165, 1.54) is 11.6 Å². The van der Waals surface area contributed by atoms with Crippen molar-refractivity contribution in [2.24, 2.45) is 0 Å². The van der Waals surface area contributed by atoms with E-state index in [4.69, 9.17) is 0 Å². The van der Waals surface area contributed by atoms with Crippen LogP contribution in [0.25, 0.3) is 0 Å². The summed E-state index contributed by atoms with van der Waals surface area (Å²) in [4.78, 5) is 24.7. The monoisotopic (exact) mass is 346 g/mol. The van der Waals surface area contributed by atoms with Crippen LogP contribution >= 0.6 is 0 Å². The molecule has 0 unspecified atom stereocenters. The molecule has 0 aliphatic rings. The molecular formula is C22H22N2O2. The smallest absolute Gasteiger partial charge is 0.257 e. The van der Waals surface area contributed by atoms with Gasteiger partial charge in [-0.2, -0.15) is 0 Å². The molecule has 0 atom stereocenters. The van der Waals surface area contributed by atoms with E-state index >= 15 is 0 Å². The first-order valence-electron chi connectivity index (χ1n) is 8.57. The molecule has 132 valence electrons. The summed E-state index contributed by atoms with van der Waals surface area (Å²) in [7, 11) is 0. The van der Waals surface area contributed by atoms with E-state index in [0.717, 1.165) is 22.4 Å². The van der Waals surface area contributed by atoms with Gasteiger partial charge in [0.2, 0.25) is 0 Å². The molecular weight excluding hydrogens is 324 g/mol. The Kier molecular flexibility index (Phi) is 5.03. The SMILES string of the molecule is Cc1cccc(Cn2cc(C(=O)Nc3ccc(C)c(C)c3)ccc2=O)c1. The van der Waals surface area contributed by atoms with Crippen LogP contribution in [-0.4, -0.2) is 10.5 Å². The molecule has 3 rings (SSSR count). The highest BCUT2D eigenvalue weighted by atomic mass is 16.2. The zero-order valence-corrected chi connectivity index (χ0v) is 15.2. The highest BCUT2D eigenvalue weighted by molar-refractivity contribution is 6.04. The fourth-order valence-corrected chi connectivity index (χ4v) is 2.82. The van der Waals surface area contributed by atoms with Gasteiger partial charge < -0.3 is 9.88 Å². The van der Waals surface area contributed by atoms with Gasteiger partial charge in [0, 0.05) is 18.0 Å². The van der Waals surface area contributed by atoms with E-state index in [9.17, 15) is 9.59 Å². The molecule has 0 bridgehead atoms. The summed E-state index contributed by atoms with van der Waals surface area (Å²) in [5.74, 6) is -0.230. The summed E-state index contributed by atoms with van der Waals surface area (Å²) < 4.78 is 1.56. The zero-order valence-electron chi connectivity index (χ0n) is 15.2. The summed E-state index contributed by atoms with van der Waals surface area (Å²) in [6.07, 6.45) is 1.61. The van der Waals surface area contributed by atoms with Crippen LogP contribution in [0.15, 0.2) is 65.6 Å². The highest BCUT2D eigenvalue weighted by Crippen LogP contribution is 2.15. The number of aryl methyl sites for hydroxylation is 3. The number of hydrogen-bond donors (Lipinski definition) is 1. The molecule has 1 heterocycles. The van der Waals surface area contributed by atoms with Gasteiger partial charge in [-0.05, 0) is 55.7 Å². The lowest BCUT2D eigenvalue weighted by Gasteiger charge is -2.10. The second-order valence-electron chi connectivity index (χ2n) is 6.63. The van der Waals surface area contributed by atoms with Crippen molar-refractivity contribution >= 4 is 11.6 Å². The molecule has 0 radical (unpaired) electrons. The third kappa shape index (κ3) is 4.09. The number of amides is 1. The standard InChI is InChI=1S/C22H22N2O2/c1-15-5-4-6-18(11-15)13-24-14-19(8-10-21(24)25)22(26)23-20-9-7-16(2)17(3)12-20/h4-12,14H,13H2,1-3H3,(H,23,26). The summed E-state index contributed by atoms with van der Waals surface area (Å²) in [6.45, 7) is 6.49. The van der Waals surface area contributed by atoms with Crippen molar-refractivity contribution in [3.63, 3.8) is 0 Å². The molecule has 4 heteroatoms. The topological polar surface area (TPSA) is 51.1 Å². The maximum Gasteiger partial charge on any atom is 0.257 e. The van der Waals surface area contributed by atoms with Crippen molar-refractivity contribution in [2.45, 2.75) is 27.3 Å². The number of nitrogens with zero attached hydrogens (tertiary/aromatic N) is 1. The quantitative estimate of drug-likeness (QED) is 0.774. The van der Waals surface area contributed by atoms with Crippen LogP contribution in [-0.2, 0) is 6.54 Å². The molecule has 1 N–H and O–H groups in total. The molecule has 0 saturated heterocycles. The number of benzene rings is 2. The lowest BCUT2D eigenvalue weighted by atomic mass is 10.1. The molecule has 3 aromatic rings. The molecule has 26 heavy (non-hydrogen) atoms. The van der Waals surface area contributed by atoms with Crippen molar-refractivity contribution in [1.82, 2.24) is 4.57 Å². The highest BCUT2D eigenvalue weighted by Gasteiger charge is 2.09. The zero-order chi connectivity index (χ0) is 18.7. The number of nitrogens with one attached hydrogen (secondary N) is 1. The third-order valence-corrected chi connectivity index (χ3v) is 4.45. The molecule has 0 fully saturated rings. The fraction of sp³-hybridized carbons (Fsp3) is 0.182. The minimum Gasteiger partial charge on any atom is -0.322 e. The Bertz CT molecular complexity index is 1020. The molecule has 1 aromatic heterocycles. The minimum atomic E-state index is -0.230. The number of rotatable bonds is 4. The summed E-state index contributed by atoms with van der Waals surface area (Å²) in [5, 5.41) is 2.89. The van der Waals surface area contributed by atoms with E-state index < -0.39 is 0 Å². The molecule has 0 aliphatic carbocycles. The maximum absolute atomic E-state index is 12.6. The van der Waals surface area contributed by atoms with Gasteiger partial charge in [0.25, 0.3) is 11.5 Å². The maximum atomic E-state index is 12.6. The Morgan fingerprint density at radius 3 is 2.50 bits per heavy atom. The first-order chi connectivity index (χ1) is 12.4. The molecule has 1 amide bonds. The summed E-state index contributed by atoms with van der Waals surface area (Å²) in [6, 6.07) is 16.8. The average Bonchev–Trinajstić information content (AvgIpc) is 2.60. The van der Waals surface area contributed by atoms with Gasteiger partial charge in [0.1, 0.15) is 0 Å². The number of carbonyl (C=O) groups excluding carboxylic acids is 1. The van der Waals surface area contributed by atoms with E-state index in [1.54, 1.807) is 16.8 Å². The first kappa shape index (κ1) is 17.7. The Morgan fingerprint density at radius 1 is 0.962 bits per heavy atom. The Morgan fingerprint density at radius 2 is 1.77 bits per heavy atom. The van der Waals surface area contributed by atoms with Gasteiger partial charge in [-0.25, -0.2) is 0 Å². The molecule has 2 aromatic carbocycles. The molecule has 0 aliphatic heterocycles. The van der Waals surface area contributed by atoms with Crippen LogP contribution in [0, 0.1) is 20.8 Å². The number of anilines is 1. The van der Waals surface area contributed by atoms with Gasteiger partial charge in [-0.1, -0.05) is 35.9 Å². The number of hydrogen-bond acceptors (Lipinski definition) is 2. The van der Waals surface area contributed by atoms with Crippen LogP contribution in [0.5, 0.6) is 0 Å². The fourth-order valence-electron chi connectivity index (χ4n) is 2.82. The third-order valence-electron chi connectivity index (χ3n) is 4.45. The largest absolute Gasteiger partial charge is 0.322 e. The van der Waals surface area contributed by atoms with Crippen molar-refractivity contribution < 1.29 is 4.79 Å². The van der Waals surface area contributed by atoms with Crippen LogP contribution in [0.3, 0.4) is 0 Å². The number of aromatic nitrogens is 1. The average molecular weight is 346 g/mol. The Balaban J connectivity index is 1.83. The van der Waals surface area contributed by atoms with Gasteiger partial charge in [0.05, 0.1) is 12.1 Å². The Labute approximate surface area is 153 Å². The van der Waals surface area contributed by atoms with Crippen molar-refractivity contribution in [2.75, 3.05) is 5.32 Å². The number of carbonyl (C=O) groups is 1. The normalized spacial score (nSPS) is 10.6. The van der Waals surface area contributed by atoms with Crippen molar-refractivity contribution in [3.05, 3.63) is 99.0 Å². The van der Waals surface area contributed by atoms with E-state index in [-0.39, 0.29) is 11.5 Å². The molecule has 0 saturated carbocycles. The van der Waals surface area contributed by atoms with E-state index in [2.05, 4.69) is 5.32 Å². The van der Waals surface area contributed by atoms with Crippen LogP contribution in [0.2, 0.25) is 0 Å². The Hall–Kier alpha value is -3.14. The second kappa shape index (κ2) is 7.40. The van der Waals surface area contributed by atoms with Gasteiger partial charge in [0.15, 0.2) is 0 Å². The minimum absolute atomic E-state index is 0.130. The second-order valence-corrected chi connectivity index (χ2v) is 6.63. The van der Waals surface area contributed by atoms with Crippen LogP contribution in [0.1, 0.15) is 32.6 Å². The molecule has 0 spiro atoms. The predicted octanol–water partition coefficient (Wildman–Crippen LogP) is 4.07. The van der Waals surface area contributed by atoms with E-state index in [1.807, 2.05) is 63.2 Å². The summed E-state index contributed by atoms with van der Waals surface area (Å²) >= 11 is 0. The van der Waals surface area contributed by atoms with Crippen molar-refractivity contribution in [1.29, 1.82) is 0 Å². The van der Waals surface area contributed by atoms with Crippen molar-refractivity contribution in [3.8, 4) is 0 Å². The predicted molar refractivity (Wildman–Crippen MR) is 105 cm³/mol. The van der Waals surface area contributed by atoms with Crippen LogP contribution in [0.4, 0.5) is 5.69 Å². The van der Waals surface area contributed by atoms with Crippen LogP contribution < -0.4 is 10.9 Å². The van der Waals surface area contributed by atoms with E-state index in [0.29, 0.717) is 12.1 Å². The lowest BCUT2D eigenvalue weighted by molar-refractivity contribution is 0.102. The van der Waals surface area contributed by atoms with Gasteiger partial charge in [-0.3, -0.25) is 9.59 Å². The molecule has 4 nitrogen and oxygen atoms in total. The lowest BCUT2D eigenvalue weighted by Crippen LogP contribution is -2.22. The number of pyridine rings is 1. The summed E-state index contributed by atoms with van der Waals surface area (Å²) in [5.41, 5.74) is 5.53. The van der Waals surface area contributed by atoms with Gasteiger partial charge >= 0.3 is 0 Å². The van der Waals surface area contributed by atoms with Gasteiger partial charge in [-0.15, -0.1) is 0 Å². The first-order valence-corrected chi connectivity index (χ1v) is 8.57.